The first-order valence-electron chi connectivity index (χ1n) is 2.76. The van der Waals surface area contributed by atoms with Crippen molar-refractivity contribution in [3.63, 3.8) is 0 Å². The number of hydrogen-bond donors (Lipinski definition) is 2. The van der Waals surface area contributed by atoms with Crippen LogP contribution in [0.1, 0.15) is 6.92 Å². The zero-order chi connectivity index (χ0) is 6.04. The molecule has 1 fully saturated rings. The summed E-state index contributed by atoms with van der Waals surface area (Å²) < 4.78 is 5.15. The highest BCUT2D eigenvalue weighted by Gasteiger charge is 2.20. The van der Waals surface area contributed by atoms with E-state index in [0.29, 0.717) is 6.61 Å². The molecule has 1 rings (SSSR count). The van der Waals surface area contributed by atoms with Crippen molar-refractivity contribution in [3.8, 4) is 0 Å². The van der Waals surface area contributed by atoms with Gasteiger partial charge in [-0.3, -0.25) is 5.32 Å². The lowest BCUT2D eigenvalue weighted by molar-refractivity contribution is 0.0716. The van der Waals surface area contributed by atoms with Crippen molar-refractivity contribution in [3.05, 3.63) is 0 Å². The molecule has 1 N–H and O–H groups in total. The molecule has 1 aliphatic heterocycles. The van der Waals surface area contributed by atoms with Crippen LogP contribution in [0.4, 0.5) is 0 Å². The number of hydrogen-bond acceptors (Lipinski definition) is 3. The number of morpholine rings is 1. The van der Waals surface area contributed by atoms with E-state index in [1.54, 1.807) is 0 Å². The molecule has 0 amide bonds. The molecule has 48 valence electrons. The predicted octanol–water partition coefficient (Wildman–Crippen LogP) is 0.252. The van der Waals surface area contributed by atoms with E-state index >= 15 is 0 Å². The zero-order valence-corrected chi connectivity index (χ0v) is 5.87. The van der Waals surface area contributed by atoms with Crippen molar-refractivity contribution in [2.45, 2.75) is 11.8 Å². The Bertz CT molecular complexity index is 76.5. The van der Waals surface area contributed by atoms with E-state index in [4.69, 9.17) is 4.74 Å². The van der Waals surface area contributed by atoms with E-state index in [2.05, 4.69) is 17.9 Å². The van der Waals surface area contributed by atoms with Crippen LogP contribution in [0.5, 0.6) is 0 Å². The van der Waals surface area contributed by atoms with E-state index in [9.17, 15) is 0 Å². The van der Waals surface area contributed by atoms with Crippen LogP contribution in [-0.4, -0.2) is 24.6 Å². The molecule has 8 heavy (non-hydrogen) atoms. The molecule has 3 heteroatoms. The highest BCUT2D eigenvalue weighted by Crippen LogP contribution is 2.11. The molecule has 0 aromatic heterocycles. The zero-order valence-electron chi connectivity index (χ0n) is 4.98. The third kappa shape index (κ3) is 1.65. The van der Waals surface area contributed by atoms with Crippen LogP contribution in [0.3, 0.4) is 0 Å². The van der Waals surface area contributed by atoms with Gasteiger partial charge in [0.05, 0.1) is 18.1 Å². The molecule has 0 bridgehead atoms. The van der Waals surface area contributed by atoms with E-state index in [-0.39, 0.29) is 4.87 Å². The van der Waals surface area contributed by atoms with Crippen molar-refractivity contribution in [1.82, 2.24) is 5.32 Å². The average Bonchev–Trinajstić information content (AvgIpc) is 1.65. The van der Waals surface area contributed by atoms with Gasteiger partial charge in [-0.05, 0) is 6.92 Å². The van der Waals surface area contributed by atoms with Crippen LogP contribution in [0.25, 0.3) is 0 Å². The molecule has 1 heterocycles. The summed E-state index contributed by atoms with van der Waals surface area (Å²) in [6, 6.07) is 0. The van der Waals surface area contributed by atoms with Crippen molar-refractivity contribution in [2.75, 3.05) is 19.8 Å². The second kappa shape index (κ2) is 2.25. The first-order chi connectivity index (χ1) is 3.71. The molecule has 0 aliphatic carbocycles. The monoisotopic (exact) mass is 133 g/mol. The van der Waals surface area contributed by atoms with Crippen molar-refractivity contribution < 1.29 is 4.74 Å². The topological polar surface area (TPSA) is 21.3 Å². The molecular formula is C5H11NOS. The number of rotatable bonds is 0. The van der Waals surface area contributed by atoms with Gasteiger partial charge in [0.2, 0.25) is 0 Å². The van der Waals surface area contributed by atoms with Gasteiger partial charge in [-0.15, -0.1) is 0 Å². The third-order valence-corrected chi connectivity index (χ3v) is 1.42. The van der Waals surface area contributed by atoms with Crippen molar-refractivity contribution >= 4 is 12.6 Å². The lowest BCUT2D eigenvalue weighted by atomic mass is 10.3. The van der Waals surface area contributed by atoms with Crippen LogP contribution < -0.4 is 5.32 Å². The Kier molecular flexibility index (Phi) is 1.80. The molecule has 0 unspecified atom stereocenters. The molecule has 0 spiro atoms. The normalized spacial score (nSPS) is 39.8. The lowest BCUT2D eigenvalue weighted by Gasteiger charge is -2.29. The van der Waals surface area contributed by atoms with Gasteiger partial charge in [0.1, 0.15) is 0 Å². The maximum absolute atomic E-state index is 5.15. The Morgan fingerprint density at radius 3 is 2.75 bits per heavy atom. The highest BCUT2D eigenvalue weighted by atomic mass is 32.1. The summed E-state index contributed by atoms with van der Waals surface area (Å²) in [6.07, 6.45) is 0. The summed E-state index contributed by atoms with van der Waals surface area (Å²) in [4.78, 5) is -0.0990. The van der Waals surface area contributed by atoms with Crippen LogP contribution in [-0.2, 0) is 4.74 Å². The molecule has 1 saturated heterocycles. The standard InChI is InChI=1S/C5H11NOS/c1-5(8)4-7-3-2-6-5/h6,8H,2-4H2,1H3/t5-/m0/s1. The van der Waals surface area contributed by atoms with Crippen LogP contribution >= 0.6 is 12.6 Å². The molecule has 0 aromatic rings. The smallest absolute Gasteiger partial charge is 0.0824 e. The minimum absolute atomic E-state index is 0.0990. The van der Waals surface area contributed by atoms with Crippen molar-refractivity contribution in [1.29, 1.82) is 0 Å². The molecule has 1 atom stereocenters. The second-order valence-corrected chi connectivity index (χ2v) is 3.24. The summed E-state index contributed by atoms with van der Waals surface area (Å²) in [5.41, 5.74) is 0. The number of thiol groups is 1. The molecule has 0 radical (unpaired) electrons. The molecule has 0 saturated carbocycles. The molecule has 2 nitrogen and oxygen atoms in total. The summed E-state index contributed by atoms with van der Waals surface area (Å²) in [7, 11) is 0. The summed E-state index contributed by atoms with van der Waals surface area (Å²) >= 11 is 4.28. The lowest BCUT2D eigenvalue weighted by Crippen LogP contribution is -2.47. The number of ether oxygens (including phenoxy) is 1. The first-order valence-corrected chi connectivity index (χ1v) is 3.21. The van der Waals surface area contributed by atoms with Crippen LogP contribution in [0.15, 0.2) is 0 Å². The third-order valence-electron chi connectivity index (χ3n) is 1.14. The SMILES string of the molecule is C[C@]1(S)COCCN1. The van der Waals surface area contributed by atoms with Crippen molar-refractivity contribution in [2.24, 2.45) is 0 Å². The Balaban J connectivity index is 2.33. The molecule has 1 aliphatic rings. The predicted molar refractivity (Wildman–Crippen MR) is 36.2 cm³/mol. The van der Waals surface area contributed by atoms with E-state index in [1.165, 1.54) is 0 Å². The van der Waals surface area contributed by atoms with Gasteiger partial charge in [-0.2, -0.15) is 12.6 Å². The maximum Gasteiger partial charge on any atom is 0.0824 e. The van der Waals surface area contributed by atoms with E-state index in [1.807, 2.05) is 6.92 Å². The Hall–Kier alpha value is 0.270. The minimum Gasteiger partial charge on any atom is -0.377 e. The Labute approximate surface area is 55.0 Å². The highest BCUT2D eigenvalue weighted by molar-refractivity contribution is 7.81. The van der Waals surface area contributed by atoms with Gasteiger partial charge in [-0.25, -0.2) is 0 Å². The van der Waals surface area contributed by atoms with Gasteiger partial charge >= 0.3 is 0 Å². The van der Waals surface area contributed by atoms with Gasteiger partial charge in [0.25, 0.3) is 0 Å². The Morgan fingerprint density at radius 2 is 2.50 bits per heavy atom. The second-order valence-electron chi connectivity index (χ2n) is 2.25. The van der Waals surface area contributed by atoms with E-state index in [0.717, 1.165) is 13.2 Å². The number of nitrogens with one attached hydrogen (secondary N) is 1. The van der Waals surface area contributed by atoms with Crippen LogP contribution in [0, 0.1) is 0 Å². The Morgan fingerprint density at radius 1 is 1.75 bits per heavy atom. The first kappa shape index (κ1) is 6.39. The van der Waals surface area contributed by atoms with E-state index < -0.39 is 0 Å². The van der Waals surface area contributed by atoms with Gasteiger partial charge in [-0.1, -0.05) is 0 Å². The van der Waals surface area contributed by atoms with Gasteiger partial charge < -0.3 is 4.74 Å². The summed E-state index contributed by atoms with van der Waals surface area (Å²) in [5.74, 6) is 0. The average molecular weight is 133 g/mol. The van der Waals surface area contributed by atoms with Gasteiger partial charge in [0, 0.05) is 6.54 Å². The fraction of sp³-hybridized carbons (Fsp3) is 1.00. The fourth-order valence-corrected chi connectivity index (χ4v) is 0.918. The van der Waals surface area contributed by atoms with Crippen LogP contribution in [0.2, 0.25) is 0 Å². The summed E-state index contributed by atoms with van der Waals surface area (Å²) in [5, 5.41) is 3.20. The molecule has 0 aromatic carbocycles. The van der Waals surface area contributed by atoms with Gasteiger partial charge in [0.15, 0.2) is 0 Å². The molecular weight excluding hydrogens is 122 g/mol. The fourth-order valence-electron chi connectivity index (χ4n) is 0.714. The maximum atomic E-state index is 5.15. The minimum atomic E-state index is -0.0990. The summed E-state index contributed by atoms with van der Waals surface area (Å²) in [6.45, 7) is 4.45. The quantitative estimate of drug-likeness (QED) is 0.462. The largest absolute Gasteiger partial charge is 0.377 e.